The largest absolute Gasteiger partial charge is 0.271 e. The highest BCUT2D eigenvalue weighted by Crippen LogP contribution is 2.45. The number of halogens is 1. The van der Waals surface area contributed by atoms with E-state index in [-0.39, 0.29) is 24.4 Å². The van der Waals surface area contributed by atoms with E-state index in [4.69, 9.17) is 5.10 Å². The minimum Gasteiger partial charge on any atom is -0.271 e. The number of rotatable bonds is 5. The molecule has 10 heteroatoms. The summed E-state index contributed by atoms with van der Waals surface area (Å²) in [5.74, 6) is -1.14. The molecule has 3 amide bonds. The number of imide groups is 1. The fourth-order valence-corrected chi connectivity index (χ4v) is 6.84. The molecule has 0 spiro atoms. The van der Waals surface area contributed by atoms with Gasteiger partial charge in [-0.3, -0.25) is 19.4 Å². The van der Waals surface area contributed by atoms with E-state index in [0.29, 0.717) is 5.69 Å². The Labute approximate surface area is 264 Å². The van der Waals surface area contributed by atoms with E-state index in [1.165, 1.54) is 10.6 Å². The minimum atomic E-state index is -0.983. The van der Waals surface area contributed by atoms with Crippen molar-refractivity contribution in [1.82, 2.24) is 10.0 Å². The average Bonchev–Trinajstić information content (AvgIpc) is 3.69. The number of aryl methyl sites for hydroxylation is 2. The number of amides is 3. The van der Waals surface area contributed by atoms with Crippen LogP contribution in [0.25, 0.3) is 6.08 Å². The lowest BCUT2D eigenvalue weighted by Crippen LogP contribution is -2.45. The molecule has 7 rings (SSSR count). The number of hydrogen-bond acceptors (Lipinski definition) is 7. The third-order valence-corrected chi connectivity index (χ3v) is 9.36. The van der Waals surface area contributed by atoms with Crippen LogP contribution >= 0.6 is 15.9 Å². The molecule has 1 saturated heterocycles. The molecule has 9 nitrogen and oxygen atoms in total. The fourth-order valence-electron chi connectivity index (χ4n) is 6.58. The molecule has 0 bridgehead atoms. The van der Waals surface area contributed by atoms with E-state index in [9.17, 15) is 14.4 Å². The first-order valence-corrected chi connectivity index (χ1v) is 15.6. The summed E-state index contributed by atoms with van der Waals surface area (Å²) < 4.78 is 0.834. The summed E-state index contributed by atoms with van der Waals surface area (Å²) in [5, 5.41) is 16.2. The SMILES string of the molecule is Cc1ccc(C=C2CCCC3C2=NN(C(=O)CN2N=NC4C(=O)N(c5ccc(Br)cc5)C(=O)C42)C3c2ccc(C)cc2)cc1. The second-order valence-corrected chi connectivity index (χ2v) is 12.8. The number of hydrazone groups is 1. The van der Waals surface area contributed by atoms with E-state index < -0.39 is 23.9 Å². The molecule has 4 atom stereocenters. The summed E-state index contributed by atoms with van der Waals surface area (Å²) in [6.07, 6.45) is 4.98. The highest BCUT2D eigenvalue weighted by atomic mass is 79.9. The van der Waals surface area contributed by atoms with Gasteiger partial charge in [-0.1, -0.05) is 80.8 Å². The molecule has 2 fully saturated rings. The van der Waals surface area contributed by atoms with E-state index in [1.54, 1.807) is 29.3 Å². The van der Waals surface area contributed by atoms with Crippen molar-refractivity contribution in [1.29, 1.82) is 0 Å². The molecule has 4 unspecified atom stereocenters. The third-order valence-electron chi connectivity index (χ3n) is 8.83. The molecular weight excluding hydrogens is 620 g/mol. The lowest BCUT2D eigenvalue weighted by Gasteiger charge is -2.30. The number of hydrogen-bond donors (Lipinski definition) is 0. The number of benzene rings is 3. The van der Waals surface area contributed by atoms with Crippen molar-refractivity contribution in [2.24, 2.45) is 21.4 Å². The Morgan fingerprint density at radius 2 is 1.59 bits per heavy atom. The second-order valence-electron chi connectivity index (χ2n) is 11.8. The molecule has 222 valence electrons. The highest BCUT2D eigenvalue weighted by molar-refractivity contribution is 9.10. The van der Waals surface area contributed by atoms with Crippen molar-refractivity contribution in [3.05, 3.63) is 105 Å². The normalized spacial score (nSPS) is 25.1. The van der Waals surface area contributed by atoms with Gasteiger partial charge in [0.2, 0.25) is 0 Å². The number of carbonyl (C=O) groups excluding carboxylic acids is 3. The first-order valence-electron chi connectivity index (χ1n) is 14.8. The van der Waals surface area contributed by atoms with Crippen LogP contribution in [-0.2, 0) is 14.4 Å². The first kappa shape index (κ1) is 28.3. The van der Waals surface area contributed by atoms with Crippen LogP contribution in [0.3, 0.4) is 0 Å². The number of nitrogens with zero attached hydrogens (tertiary/aromatic N) is 6. The van der Waals surface area contributed by atoms with Gasteiger partial charge in [-0.2, -0.15) is 10.2 Å². The summed E-state index contributed by atoms with van der Waals surface area (Å²) in [6.45, 7) is 3.89. The van der Waals surface area contributed by atoms with Crippen molar-refractivity contribution in [2.45, 2.75) is 51.2 Å². The zero-order valence-electron chi connectivity index (χ0n) is 24.4. The molecule has 0 N–H and O–H groups in total. The van der Waals surface area contributed by atoms with Crippen LogP contribution < -0.4 is 4.90 Å². The molecule has 44 heavy (non-hydrogen) atoms. The molecule has 4 aliphatic rings. The Balaban J connectivity index is 1.18. The van der Waals surface area contributed by atoms with Gasteiger partial charge in [0, 0.05) is 10.4 Å². The van der Waals surface area contributed by atoms with Gasteiger partial charge in [-0.25, -0.2) is 9.91 Å². The topological polar surface area (TPSA) is 98.0 Å². The van der Waals surface area contributed by atoms with Gasteiger partial charge >= 0.3 is 0 Å². The van der Waals surface area contributed by atoms with Crippen LogP contribution in [0.15, 0.2) is 98.3 Å². The first-order chi connectivity index (χ1) is 21.3. The molecule has 0 aromatic heterocycles. The predicted molar refractivity (Wildman–Crippen MR) is 170 cm³/mol. The smallest absolute Gasteiger partial charge is 0.264 e. The van der Waals surface area contributed by atoms with E-state index in [2.05, 4.69) is 87.8 Å². The van der Waals surface area contributed by atoms with Gasteiger partial charge in [-0.05, 0) is 80.2 Å². The monoisotopic (exact) mass is 650 g/mol. The number of carbonyl (C=O) groups is 3. The third kappa shape index (κ3) is 4.96. The number of anilines is 1. The van der Waals surface area contributed by atoms with Crippen molar-refractivity contribution in [3.63, 3.8) is 0 Å². The maximum absolute atomic E-state index is 14.1. The van der Waals surface area contributed by atoms with Crippen LogP contribution in [0, 0.1) is 19.8 Å². The number of fused-ring (bicyclic) bond motifs is 2. The van der Waals surface area contributed by atoms with E-state index in [1.807, 2.05) is 6.92 Å². The summed E-state index contributed by atoms with van der Waals surface area (Å²) in [7, 11) is 0. The summed E-state index contributed by atoms with van der Waals surface area (Å²) in [4.78, 5) is 42.0. The van der Waals surface area contributed by atoms with Gasteiger partial charge in [0.1, 0.15) is 6.54 Å². The maximum atomic E-state index is 14.1. The van der Waals surface area contributed by atoms with Crippen molar-refractivity contribution < 1.29 is 14.4 Å². The van der Waals surface area contributed by atoms with Gasteiger partial charge in [0.05, 0.1) is 17.4 Å². The van der Waals surface area contributed by atoms with Crippen molar-refractivity contribution in [3.8, 4) is 0 Å². The van der Waals surface area contributed by atoms with Crippen LogP contribution in [-0.4, -0.2) is 52.1 Å². The predicted octanol–water partition coefficient (Wildman–Crippen LogP) is 6.18. The van der Waals surface area contributed by atoms with Crippen LogP contribution in [0.1, 0.15) is 47.6 Å². The lowest BCUT2D eigenvalue weighted by molar-refractivity contribution is -0.136. The van der Waals surface area contributed by atoms with Crippen LogP contribution in [0.2, 0.25) is 0 Å². The molecule has 0 radical (unpaired) electrons. The molecule has 3 heterocycles. The fraction of sp³-hybridized carbons (Fsp3) is 0.294. The molecule has 3 aromatic carbocycles. The summed E-state index contributed by atoms with van der Waals surface area (Å²) in [6, 6.07) is 21.3. The van der Waals surface area contributed by atoms with Crippen molar-refractivity contribution >= 4 is 51.1 Å². The van der Waals surface area contributed by atoms with Gasteiger partial charge in [-0.15, -0.1) is 0 Å². The van der Waals surface area contributed by atoms with Gasteiger partial charge in [0.25, 0.3) is 17.7 Å². The maximum Gasteiger partial charge on any atom is 0.264 e. The van der Waals surface area contributed by atoms with Crippen LogP contribution in [0.5, 0.6) is 0 Å². The summed E-state index contributed by atoms with van der Waals surface area (Å²) in [5.41, 5.74) is 6.99. The summed E-state index contributed by atoms with van der Waals surface area (Å²) >= 11 is 3.39. The minimum absolute atomic E-state index is 0.0441. The van der Waals surface area contributed by atoms with Gasteiger partial charge < -0.3 is 0 Å². The highest BCUT2D eigenvalue weighted by Gasteiger charge is 2.55. The van der Waals surface area contributed by atoms with E-state index >= 15 is 0 Å². The van der Waals surface area contributed by atoms with Crippen LogP contribution in [0.4, 0.5) is 5.69 Å². The van der Waals surface area contributed by atoms with Gasteiger partial charge in [0.15, 0.2) is 12.1 Å². The molecule has 1 aliphatic carbocycles. The molecule has 3 aromatic rings. The molecular formula is C34H31BrN6O3. The molecule has 1 saturated carbocycles. The second kappa shape index (κ2) is 11.2. The Morgan fingerprint density at radius 1 is 0.909 bits per heavy atom. The Bertz CT molecular complexity index is 1730. The molecule has 3 aliphatic heterocycles. The quantitative estimate of drug-likeness (QED) is 0.308. The lowest BCUT2D eigenvalue weighted by atomic mass is 9.77. The number of allylic oxidation sites excluding steroid dienone is 1. The zero-order valence-corrected chi connectivity index (χ0v) is 26.0. The van der Waals surface area contributed by atoms with E-state index in [0.717, 1.165) is 56.6 Å². The Morgan fingerprint density at radius 3 is 2.30 bits per heavy atom. The average molecular weight is 652 g/mol. The standard InChI is InChI=1S/C34H31BrN6O3/c1-20-6-10-22(11-7-20)18-24-4-3-5-27-29(24)37-41(31(27)23-12-8-21(2)9-13-23)28(42)19-39-32-30(36-38-39)33(43)40(34(32)44)26-16-14-25(35)15-17-26/h6-18,27,30-32H,3-5,19H2,1-2H3. The Hall–Kier alpha value is -4.44. The zero-order chi connectivity index (χ0) is 30.5. The van der Waals surface area contributed by atoms with Crippen molar-refractivity contribution in [2.75, 3.05) is 11.4 Å². The Kier molecular flexibility index (Phi) is 7.24.